The summed E-state index contributed by atoms with van der Waals surface area (Å²) in [6, 6.07) is 11.9. The Hall–Kier alpha value is -1.78. The van der Waals surface area contributed by atoms with E-state index in [9.17, 15) is 0 Å². The van der Waals surface area contributed by atoms with E-state index in [-0.39, 0.29) is 0 Å². The van der Waals surface area contributed by atoms with Crippen LogP contribution in [0, 0.1) is 0 Å². The van der Waals surface area contributed by atoms with Crippen molar-refractivity contribution in [1.82, 2.24) is 4.98 Å². The van der Waals surface area contributed by atoms with Gasteiger partial charge in [-0.25, -0.2) is 4.98 Å². The minimum absolute atomic E-state index is 0.570. The van der Waals surface area contributed by atoms with Gasteiger partial charge in [0, 0.05) is 22.3 Å². The zero-order valence-corrected chi connectivity index (χ0v) is 11.5. The number of rotatable bonds is 4. The van der Waals surface area contributed by atoms with Crippen molar-refractivity contribution in [3.05, 3.63) is 58.2 Å². The van der Waals surface area contributed by atoms with Crippen LogP contribution in [-0.2, 0) is 6.54 Å². The fourth-order valence-corrected chi connectivity index (χ4v) is 2.70. The molecule has 0 aliphatic carbocycles. The largest absolute Gasteiger partial charge is 0.464 e. The van der Waals surface area contributed by atoms with E-state index in [2.05, 4.69) is 16.4 Å². The minimum atomic E-state index is 0.570. The number of hydrogen-bond donors (Lipinski definition) is 1. The third-order valence-electron chi connectivity index (χ3n) is 2.66. The first-order chi connectivity index (χ1) is 9.31. The average molecular weight is 291 g/mol. The molecule has 0 atom stereocenters. The van der Waals surface area contributed by atoms with Gasteiger partial charge >= 0.3 is 0 Å². The lowest BCUT2D eigenvalue weighted by Crippen LogP contribution is -1.97. The van der Waals surface area contributed by atoms with Crippen LogP contribution < -0.4 is 5.32 Å². The Kier molecular flexibility index (Phi) is 3.53. The van der Waals surface area contributed by atoms with Crippen molar-refractivity contribution >= 4 is 28.6 Å². The normalized spacial score (nSPS) is 10.6. The number of anilines is 1. The second kappa shape index (κ2) is 5.47. The summed E-state index contributed by atoms with van der Waals surface area (Å²) in [5.41, 5.74) is 2.09. The second-order valence-corrected chi connectivity index (χ2v) is 5.69. The first-order valence-electron chi connectivity index (χ1n) is 5.79. The number of halogens is 1. The molecule has 3 nitrogen and oxygen atoms in total. The molecule has 1 N–H and O–H groups in total. The maximum Gasteiger partial charge on any atom is 0.183 e. The highest BCUT2D eigenvalue weighted by Gasteiger charge is 2.03. The van der Waals surface area contributed by atoms with Crippen LogP contribution in [0.5, 0.6) is 0 Å². The molecule has 1 aromatic carbocycles. The topological polar surface area (TPSA) is 38.1 Å². The van der Waals surface area contributed by atoms with Gasteiger partial charge in [0.25, 0.3) is 0 Å². The molecule has 5 heteroatoms. The van der Waals surface area contributed by atoms with Gasteiger partial charge in [-0.2, -0.15) is 0 Å². The molecule has 0 aliphatic heterocycles. The maximum atomic E-state index is 5.80. The van der Waals surface area contributed by atoms with Gasteiger partial charge in [-0.1, -0.05) is 23.7 Å². The molecule has 0 radical (unpaired) electrons. The van der Waals surface area contributed by atoms with Crippen LogP contribution in [0.15, 0.2) is 53.3 Å². The average Bonchev–Trinajstić information content (AvgIpc) is 3.08. The van der Waals surface area contributed by atoms with Crippen molar-refractivity contribution < 1.29 is 4.42 Å². The molecule has 2 heterocycles. The van der Waals surface area contributed by atoms with Crippen LogP contribution in [0.25, 0.3) is 11.3 Å². The van der Waals surface area contributed by atoms with Crippen LogP contribution in [0.1, 0.15) is 4.88 Å². The van der Waals surface area contributed by atoms with Crippen molar-refractivity contribution in [2.45, 2.75) is 6.54 Å². The highest BCUT2D eigenvalue weighted by Crippen LogP contribution is 2.24. The van der Waals surface area contributed by atoms with E-state index in [1.54, 1.807) is 12.5 Å². The predicted octanol–water partition coefficient (Wildman–Crippen LogP) is 4.67. The highest BCUT2D eigenvalue weighted by molar-refractivity contribution is 7.15. The quantitative estimate of drug-likeness (QED) is 0.759. The van der Waals surface area contributed by atoms with Crippen molar-refractivity contribution in [2.75, 3.05) is 5.32 Å². The molecule has 0 amide bonds. The van der Waals surface area contributed by atoms with Gasteiger partial charge in [0.05, 0.1) is 12.8 Å². The molecule has 0 spiro atoms. The number of hydrogen-bond acceptors (Lipinski definition) is 4. The van der Waals surface area contributed by atoms with Gasteiger partial charge in [0.2, 0.25) is 0 Å². The van der Waals surface area contributed by atoms with Gasteiger partial charge in [-0.3, -0.25) is 0 Å². The SMILES string of the molecule is Clc1ncc(CNc2cccc(-c3ccco3)c2)s1. The molecule has 3 aromatic rings. The Labute approximate surface area is 119 Å². The minimum Gasteiger partial charge on any atom is -0.464 e. The summed E-state index contributed by atoms with van der Waals surface area (Å²) in [6.45, 7) is 0.714. The lowest BCUT2D eigenvalue weighted by molar-refractivity contribution is 0.582. The smallest absolute Gasteiger partial charge is 0.183 e. The van der Waals surface area contributed by atoms with Gasteiger partial charge < -0.3 is 9.73 Å². The van der Waals surface area contributed by atoms with E-state index in [0.29, 0.717) is 11.0 Å². The third kappa shape index (κ3) is 2.97. The van der Waals surface area contributed by atoms with Crippen LogP contribution in [0.2, 0.25) is 4.47 Å². The maximum absolute atomic E-state index is 5.80. The molecular formula is C14H11ClN2OS. The van der Waals surface area contributed by atoms with E-state index in [0.717, 1.165) is 21.9 Å². The van der Waals surface area contributed by atoms with Gasteiger partial charge in [0.15, 0.2) is 4.47 Å². The predicted molar refractivity (Wildman–Crippen MR) is 78.6 cm³/mol. The summed E-state index contributed by atoms with van der Waals surface area (Å²) in [6.07, 6.45) is 3.46. The zero-order valence-electron chi connectivity index (χ0n) is 9.97. The Bertz CT molecular complexity index is 664. The Morgan fingerprint density at radius 3 is 2.95 bits per heavy atom. The summed E-state index contributed by atoms with van der Waals surface area (Å²) < 4.78 is 5.96. The van der Waals surface area contributed by atoms with Crippen LogP contribution >= 0.6 is 22.9 Å². The summed E-state index contributed by atoms with van der Waals surface area (Å²) >= 11 is 7.28. The number of aromatic nitrogens is 1. The molecule has 0 aliphatic rings. The van der Waals surface area contributed by atoms with E-state index >= 15 is 0 Å². The Morgan fingerprint density at radius 1 is 1.26 bits per heavy atom. The van der Waals surface area contributed by atoms with Crippen molar-refractivity contribution in [3.63, 3.8) is 0 Å². The number of nitrogens with one attached hydrogen (secondary N) is 1. The van der Waals surface area contributed by atoms with Gasteiger partial charge in [-0.05, 0) is 24.3 Å². The van der Waals surface area contributed by atoms with Crippen LogP contribution in [0.4, 0.5) is 5.69 Å². The van der Waals surface area contributed by atoms with Gasteiger partial charge in [-0.15, -0.1) is 11.3 Å². The molecule has 19 heavy (non-hydrogen) atoms. The third-order valence-corrected chi connectivity index (χ3v) is 3.78. The fraction of sp³-hybridized carbons (Fsp3) is 0.0714. The molecule has 0 bridgehead atoms. The Balaban J connectivity index is 1.73. The standard InChI is InChI=1S/C14H11ClN2OS/c15-14-17-9-12(19-14)8-16-11-4-1-3-10(7-11)13-5-2-6-18-13/h1-7,9,16H,8H2. The van der Waals surface area contributed by atoms with Crippen molar-refractivity contribution in [2.24, 2.45) is 0 Å². The monoisotopic (exact) mass is 290 g/mol. The molecule has 96 valence electrons. The molecule has 3 rings (SSSR count). The van der Waals surface area contributed by atoms with E-state index in [1.165, 1.54) is 11.3 Å². The highest BCUT2D eigenvalue weighted by atomic mass is 35.5. The lowest BCUT2D eigenvalue weighted by atomic mass is 10.1. The van der Waals surface area contributed by atoms with E-state index in [4.69, 9.17) is 16.0 Å². The zero-order chi connectivity index (χ0) is 13.1. The molecule has 0 fully saturated rings. The summed E-state index contributed by atoms with van der Waals surface area (Å²) in [5, 5.41) is 3.35. The molecule has 0 saturated carbocycles. The van der Waals surface area contributed by atoms with Crippen LogP contribution in [-0.4, -0.2) is 4.98 Å². The second-order valence-electron chi connectivity index (χ2n) is 3.99. The first kappa shape index (κ1) is 12.3. The lowest BCUT2D eigenvalue weighted by Gasteiger charge is -2.06. The fourth-order valence-electron chi connectivity index (χ4n) is 1.78. The summed E-state index contributed by atoms with van der Waals surface area (Å²) in [5.74, 6) is 0.865. The first-order valence-corrected chi connectivity index (χ1v) is 6.99. The van der Waals surface area contributed by atoms with Crippen molar-refractivity contribution in [1.29, 1.82) is 0 Å². The number of benzene rings is 1. The number of furan rings is 1. The van der Waals surface area contributed by atoms with Gasteiger partial charge in [0.1, 0.15) is 5.76 Å². The molecule has 0 unspecified atom stereocenters. The molecule has 0 saturated heterocycles. The molecular weight excluding hydrogens is 280 g/mol. The van der Waals surface area contributed by atoms with E-state index < -0.39 is 0 Å². The summed E-state index contributed by atoms with van der Waals surface area (Å²) in [4.78, 5) is 5.12. The number of thiazole rings is 1. The van der Waals surface area contributed by atoms with Crippen molar-refractivity contribution in [3.8, 4) is 11.3 Å². The van der Waals surface area contributed by atoms with Crippen LogP contribution in [0.3, 0.4) is 0 Å². The summed E-state index contributed by atoms with van der Waals surface area (Å²) in [7, 11) is 0. The van der Waals surface area contributed by atoms with E-state index in [1.807, 2.05) is 30.3 Å². The Morgan fingerprint density at radius 2 is 2.21 bits per heavy atom. The molecule has 2 aromatic heterocycles. The number of nitrogens with zero attached hydrogens (tertiary/aromatic N) is 1.